The fourth-order valence-electron chi connectivity index (χ4n) is 2.27. The Kier molecular flexibility index (Phi) is 6.31. The zero-order valence-electron chi connectivity index (χ0n) is 16.1. The summed E-state index contributed by atoms with van der Waals surface area (Å²) in [6.45, 7) is 3.02. The van der Waals surface area contributed by atoms with Crippen LogP contribution in [-0.4, -0.2) is 37.2 Å². The molecule has 0 bridgehead atoms. The largest absolute Gasteiger partial charge is 0.424 e. The molecule has 8 nitrogen and oxygen atoms in total. The third-order valence-electron chi connectivity index (χ3n) is 4.04. The predicted octanol–water partition coefficient (Wildman–Crippen LogP) is 4.00. The van der Waals surface area contributed by atoms with E-state index in [1.165, 1.54) is 6.92 Å². The number of halogens is 3. The first kappa shape index (κ1) is 21.2. The zero-order chi connectivity index (χ0) is 21.7. The number of rotatable bonds is 7. The predicted molar refractivity (Wildman–Crippen MR) is 104 cm³/mol. The molecule has 0 spiro atoms. The van der Waals surface area contributed by atoms with E-state index in [0.717, 1.165) is 0 Å². The Morgan fingerprint density at radius 2 is 1.70 bits per heavy atom. The Morgan fingerprint density at radius 3 is 2.30 bits per heavy atom. The quantitative estimate of drug-likeness (QED) is 0.527. The number of nitrogens with zero attached hydrogens (tertiary/aromatic N) is 4. The molecule has 3 N–H and O–H groups in total. The van der Waals surface area contributed by atoms with Crippen LogP contribution in [0.5, 0.6) is 11.8 Å². The molecule has 2 atom stereocenters. The van der Waals surface area contributed by atoms with E-state index in [0.29, 0.717) is 17.6 Å². The highest BCUT2D eigenvalue weighted by atomic mass is 19.4. The first-order chi connectivity index (χ1) is 14.2. The van der Waals surface area contributed by atoms with Gasteiger partial charge in [0.15, 0.2) is 0 Å². The van der Waals surface area contributed by atoms with Gasteiger partial charge in [-0.15, -0.1) is 0 Å². The van der Waals surface area contributed by atoms with Crippen LogP contribution >= 0.6 is 0 Å². The van der Waals surface area contributed by atoms with Crippen LogP contribution in [0, 0.1) is 0 Å². The molecule has 1 aromatic carbocycles. The Labute approximate surface area is 170 Å². The van der Waals surface area contributed by atoms with Crippen LogP contribution < -0.4 is 15.4 Å². The first-order valence-electron chi connectivity index (χ1n) is 8.93. The summed E-state index contributed by atoms with van der Waals surface area (Å²) in [6, 6.07) is 7.76. The van der Waals surface area contributed by atoms with Gasteiger partial charge in [-0.2, -0.15) is 18.2 Å². The number of ether oxygens (including phenoxy) is 1. The molecule has 0 aliphatic heterocycles. The number of nitrogens with one attached hydrogen (secondary N) is 2. The van der Waals surface area contributed by atoms with Gasteiger partial charge in [-0.3, -0.25) is 0 Å². The molecule has 0 fully saturated rings. The van der Waals surface area contributed by atoms with Crippen molar-refractivity contribution in [3.8, 4) is 11.8 Å². The van der Waals surface area contributed by atoms with Crippen molar-refractivity contribution in [1.29, 1.82) is 0 Å². The second-order valence-electron chi connectivity index (χ2n) is 6.41. The van der Waals surface area contributed by atoms with Crippen molar-refractivity contribution in [2.24, 2.45) is 0 Å². The number of hydrogen-bond donors (Lipinski definition) is 3. The lowest BCUT2D eigenvalue weighted by Gasteiger charge is -2.20. The maximum absolute atomic E-state index is 13.3. The maximum atomic E-state index is 13.3. The van der Waals surface area contributed by atoms with Crippen LogP contribution in [0.1, 0.15) is 19.4 Å². The monoisotopic (exact) mass is 420 g/mol. The molecular weight excluding hydrogens is 401 g/mol. The summed E-state index contributed by atoms with van der Waals surface area (Å²) in [5.74, 6) is 0.0196. The van der Waals surface area contributed by atoms with E-state index in [-0.39, 0.29) is 12.0 Å². The summed E-state index contributed by atoms with van der Waals surface area (Å²) < 4.78 is 45.2. The number of benzene rings is 1. The number of alkyl halides is 3. The van der Waals surface area contributed by atoms with Crippen molar-refractivity contribution in [3.05, 3.63) is 54.5 Å². The van der Waals surface area contributed by atoms with Crippen molar-refractivity contribution >= 4 is 17.5 Å². The molecule has 1 unspecified atom stereocenters. The van der Waals surface area contributed by atoms with Crippen molar-refractivity contribution in [2.45, 2.75) is 32.2 Å². The normalized spacial score (nSPS) is 13.4. The van der Waals surface area contributed by atoms with Gasteiger partial charge in [-0.25, -0.2) is 15.0 Å². The topological polar surface area (TPSA) is 105 Å². The summed E-state index contributed by atoms with van der Waals surface area (Å²) in [7, 11) is 0. The number of aromatic nitrogens is 4. The van der Waals surface area contributed by atoms with E-state index in [4.69, 9.17) is 4.74 Å². The standard InChI is InChI=1S/C19H19F3N6O2/c1-11(12(2)29)26-16-15(19(20,21)22)10-25-17(28-16)27-13-4-6-14(7-5-13)30-18-23-8-3-9-24-18/h3-12,29H,1-2H3,(H2,25,26,27,28)/t11?,12-/m1/s1. The second-order valence-corrected chi connectivity index (χ2v) is 6.41. The van der Waals surface area contributed by atoms with Crippen molar-refractivity contribution < 1.29 is 23.0 Å². The fraction of sp³-hybridized carbons (Fsp3) is 0.263. The second kappa shape index (κ2) is 8.91. The molecule has 158 valence electrons. The molecule has 30 heavy (non-hydrogen) atoms. The molecule has 0 saturated carbocycles. The third kappa shape index (κ3) is 5.54. The average Bonchev–Trinajstić information content (AvgIpc) is 2.69. The van der Waals surface area contributed by atoms with Crippen LogP contribution in [-0.2, 0) is 6.18 Å². The average molecular weight is 420 g/mol. The minimum absolute atomic E-state index is 0.0386. The zero-order valence-corrected chi connectivity index (χ0v) is 16.1. The molecule has 11 heteroatoms. The summed E-state index contributed by atoms with van der Waals surface area (Å²) in [5.41, 5.74) is -0.488. The lowest BCUT2D eigenvalue weighted by Crippen LogP contribution is -2.29. The van der Waals surface area contributed by atoms with E-state index in [9.17, 15) is 18.3 Å². The van der Waals surface area contributed by atoms with Crippen LogP contribution in [0.25, 0.3) is 0 Å². The van der Waals surface area contributed by atoms with Gasteiger partial charge in [-0.05, 0) is 44.2 Å². The van der Waals surface area contributed by atoms with Gasteiger partial charge in [0.2, 0.25) is 5.95 Å². The van der Waals surface area contributed by atoms with Crippen molar-refractivity contribution in [1.82, 2.24) is 19.9 Å². The Morgan fingerprint density at radius 1 is 1.03 bits per heavy atom. The van der Waals surface area contributed by atoms with Gasteiger partial charge in [0, 0.05) is 24.3 Å². The SMILES string of the molecule is CC(Nc1nc(Nc2ccc(Oc3ncccn3)cc2)ncc1C(F)(F)F)[C@@H](C)O. The lowest BCUT2D eigenvalue weighted by molar-refractivity contribution is -0.137. The highest BCUT2D eigenvalue weighted by molar-refractivity contribution is 5.57. The number of anilines is 3. The van der Waals surface area contributed by atoms with Gasteiger partial charge in [0.05, 0.1) is 12.1 Å². The Bertz CT molecular complexity index is 968. The molecule has 2 heterocycles. The molecule has 0 saturated heterocycles. The summed E-state index contributed by atoms with van der Waals surface area (Å²) in [6.07, 6.45) is -1.73. The molecule has 0 radical (unpaired) electrons. The van der Waals surface area contributed by atoms with E-state index >= 15 is 0 Å². The lowest BCUT2D eigenvalue weighted by atomic mass is 10.2. The van der Waals surface area contributed by atoms with Crippen LogP contribution in [0.2, 0.25) is 0 Å². The van der Waals surface area contributed by atoms with Crippen LogP contribution in [0.4, 0.5) is 30.6 Å². The van der Waals surface area contributed by atoms with Gasteiger partial charge in [0.25, 0.3) is 0 Å². The highest BCUT2D eigenvalue weighted by Gasteiger charge is 2.35. The van der Waals surface area contributed by atoms with Crippen molar-refractivity contribution in [3.63, 3.8) is 0 Å². The van der Waals surface area contributed by atoms with Gasteiger partial charge >= 0.3 is 12.2 Å². The Hall–Kier alpha value is -3.47. The third-order valence-corrected chi connectivity index (χ3v) is 4.04. The Balaban J connectivity index is 1.77. The summed E-state index contributed by atoms with van der Waals surface area (Å²) in [4.78, 5) is 15.6. The molecule has 3 rings (SSSR count). The van der Waals surface area contributed by atoms with E-state index in [2.05, 4.69) is 30.6 Å². The van der Waals surface area contributed by atoms with Gasteiger partial charge in [-0.1, -0.05) is 0 Å². The number of aliphatic hydroxyl groups is 1. The highest BCUT2D eigenvalue weighted by Crippen LogP contribution is 2.34. The number of aliphatic hydroxyl groups excluding tert-OH is 1. The molecular formula is C19H19F3N6O2. The van der Waals surface area contributed by atoms with E-state index in [1.54, 1.807) is 49.6 Å². The smallest absolute Gasteiger partial charge is 0.421 e. The van der Waals surface area contributed by atoms with Crippen LogP contribution in [0.3, 0.4) is 0 Å². The van der Waals surface area contributed by atoms with Gasteiger partial charge < -0.3 is 20.5 Å². The molecule has 0 amide bonds. The maximum Gasteiger partial charge on any atom is 0.421 e. The summed E-state index contributed by atoms with van der Waals surface area (Å²) in [5, 5.41) is 15.0. The van der Waals surface area contributed by atoms with Gasteiger partial charge in [0.1, 0.15) is 17.1 Å². The number of hydrogen-bond acceptors (Lipinski definition) is 8. The van der Waals surface area contributed by atoms with Crippen LogP contribution in [0.15, 0.2) is 48.9 Å². The molecule has 0 aliphatic carbocycles. The van der Waals surface area contributed by atoms with E-state index < -0.39 is 29.7 Å². The molecule has 3 aromatic rings. The first-order valence-corrected chi connectivity index (χ1v) is 8.93. The fourth-order valence-corrected chi connectivity index (χ4v) is 2.27. The minimum Gasteiger partial charge on any atom is -0.424 e. The minimum atomic E-state index is -4.64. The van der Waals surface area contributed by atoms with E-state index in [1.807, 2.05) is 0 Å². The summed E-state index contributed by atoms with van der Waals surface area (Å²) >= 11 is 0. The molecule has 0 aliphatic rings. The molecule has 2 aromatic heterocycles. The van der Waals surface area contributed by atoms with Crippen molar-refractivity contribution in [2.75, 3.05) is 10.6 Å².